The second-order valence-corrected chi connectivity index (χ2v) is 14.5. The second kappa shape index (κ2) is 15.0. The molecule has 1 aromatic heterocycles. The fourth-order valence-corrected chi connectivity index (χ4v) is 6.07. The van der Waals surface area contributed by atoms with Gasteiger partial charge in [-0.1, -0.05) is 68.3 Å². The minimum absolute atomic E-state index is 0.0293. The second-order valence-electron chi connectivity index (χ2n) is 13.7. The molecule has 248 valence electrons. The van der Waals surface area contributed by atoms with Gasteiger partial charge in [0.25, 0.3) is 0 Å². The molecule has 0 saturated carbocycles. The number of piperidine rings is 1. The molecule has 4 rings (SSSR count). The molecule has 0 spiro atoms. The van der Waals surface area contributed by atoms with Crippen LogP contribution in [0.2, 0.25) is 5.02 Å². The molecule has 2 aromatic rings. The average molecular weight is 670 g/mol. The lowest BCUT2D eigenvalue weighted by Gasteiger charge is -2.38. The third-order valence-corrected chi connectivity index (χ3v) is 9.15. The number of likely N-dealkylation sites (tertiary alicyclic amines) is 1. The van der Waals surface area contributed by atoms with Crippen molar-refractivity contribution in [3.05, 3.63) is 81.6 Å². The van der Waals surface area contributed by atoms with Crippen LogP contribution in [-0.4, -0.2) is 63.0 Å². The van der Waals surface area contributed by atoms with Gasteiger partial charge in [0, 0.05) is 58.9 Å². The lowest BCUT2D eigenvalue weighted by atomic mass is 9.83. The maximum absolute atomic E-state index is 14.6. The van der Waals surface area contributed by atoms with Crippen molar-refractivity contribution in [3.63, 3.8) is 0 Å². The van der Waals surface area contributed by atoms with Crippen LogP contribution in [-0.2, 0) is 16.8 Å². The van der Waals surface area contributed by atoms with Crippen molar-refractivity contribution < 1.29 is 19.4 Å². The maximum atomic E-state index is 14.6. The number of hydrogen-bond donors (Lipinski definition) is 1. The summed E-state index contributed by atoms with van der Waals surface area (Å²) in [4.78, 5) is 39.8. The number of benzene rings is 1. The topological polar surface area (TPSA) is 95.3 Å². The van der Waals surface area contributed by atoms with Gasteiger partial charge in [0.1, 0.15) is 11.6 Å². The predicted molar refractivity (Wildman–Crippen MR) is 185 cm³/mol. The number of pyridine rings is 1. The van der Waals surface area contributed by atoms with Crippen LogP contribution >= 0.6 is 23.2 Å². The molecule has 1 N–H and O–H groups in total. The predicted octanol–water partition coefficient (Wildman–Crippen LogP) is 8.46. The highest BCUT2D eigenvalue weighted by Crippen LogP contribution is 2.35. The molecule has 1 aromatic carbocycles. The highest BCUT2D eigenvalue weighted by Gasteiger charge is 2.35. The molecule has 1 atom stereocenters. The number of amides is 2. The number of ether oxygens (including phenoxy) is 1. The molecule has 46 heavy (non-hydrogen) atoms. The Morgan fingerprint density at radius 3 is 2.35 bits per heavy atom. The number of carboxylic acid groups (broad SMARTS) is 1. The number of nitrogens with zero attached hydrogens (tertiary/aromatic N) is 4. The van der Waals surface area contributed by atoms with Crippen LogP contribution in [0.25, 0.3) is 0 Å². The number of amidine groups is 1. The molecule has 10 heteroatoms. The Kier molecular flexibility index (Phi) is 11.6. The van der Waals surface area contributed by atoms with E-state index in [2.05, 4.69) is 40.7 Å². The summed E-state index contributed by atoms with van der Waals surface area (Å²) in [6, 6.07) is 9.18. The summed E-state index contributed by atoms with van der Waals surface area (Å²) in [6.45, 7) is 13.9. The number of halogens is 2. The number of rotatable bonds is 9. The number of allylic oxidation sites excluding steroid dienone is 3. The van der Waals surface area contributed by atoms with Crippen LogP contribution in [0.15, 0.2) is 64.8 Å². The van der Waals surface area contributed by atoms with E-state index >= 15 is 0 Å². The van der Waals surface area contributed by atoms with Crippen LogP contribution in [0.5, 0.6) is 5.75 Å². The number of aliphatic imine (C=N–C) groups is 1. The van der Waals surface area contributed by atoms with Crippen molar-refractivity contribution in [2.24, 2.45) is 16.8 Å². The minimum Gasteiger partial charge on any atom is -0.493 e. The summed E-state index contributed by atoms with van der Waals surface area (Å²) in [5.41, 5.74) is 1.51. The molecular formula is C36H46Cl2N4O4. The molecule has 2 heterocycles. The Hall–Kier alpha value is -3.36. The monoisotopic (exact) mass is 668 g/mol. The molecule has 2 aliphatic rings. The van der Waals surface area contributed by atoms with E-state index in [4.69, 9.17) is 37.9 Å². The van der Waals surface area contributed by atoms with Gasteiger partial charge in [-0.05, 0) is 69.7 Å². The number of aliphatic carboxylic acids is 1. The van der Waals surface area contributed by atoms with E-state index in [9.17, 15) is 14.7 Å². The first-order valence-corrected chi connectivity index (χ1v) is 16.7. The molecule has 1 aliphatic heterocycles. The zero-order valence-electron chi connectivity index (χ0n) is 27.7. The van der Waals surface area contributed by atoms with Gasteiger partial charge in [-0.3, -0.25) is 19.7 Å². The number of carbonyl (C=O) groups excluding carboxylic acids is 1. The molecule has 1 unspecified atom stereocenters. The number of aromatic nitrogens is 1. The maximum Gasteiger partial charge on any atom is 0.325 e. The SMILES string of the molecule is CCOc1cc(C(C)(C)C)ncc1/C(=N/C(C)(C)C1C=CC(Cl)=CC1)N(Cc1ccc(Cl)cc1)C(=O)N1CCC(CC(=O)O)CC1. The van der Waals surface area contributed by atoms with Gasteiger partial charge in [0.2, 0.25) is 0 Å². The third kappa shape index (κ3) is 9.13. The van der Waals surface area contributed by atoms with Gasteiger partial charge in [0.15, 0.2) is 0 Å². The van der Waals surface area contributed by atoms with Crippen molar-refractivity contribution in [2.75, 3.05) is 19.7 Å². The van der Waals surface area contributed by atoms with Gasteiger partial charge < -0.3 is 14.7 Å². The van der Waals surface area contributed by atoms with E-state index in [-0.39, 0.29) is 36.2 Å². The molecule has 0 bridgehead atoms. The summed E-state index contributed by atoms with van der Waals surface area (Å²) < 4.78 is 6.23. The molecule has 1 saturated heterocycles. The first-order valence-electron chi connectivity index (χ1n) is 16.0. The van der Waals surface area contributed by atoms with Crippen molar-refractivity contribution in [3.8, 4) is 5.75 Å². The highest BCUT2D eigenvalue weighted by molar-refractivity contribution is 6.31. The van der Waals surface area contributed by atoms with Gasteiger partial charge in [-0.2, -0.15) is 0 Å². The zero-order chi connectivity index (χ0) is 33.6. The number of carboxylic acids is 1. The van der Waals surface area contributed by atoms with Crippen LogP contribution in [0, 0.1) is 11.8 Å². The average Bonchev–Trinajstić information content (AvgIpc) is 2.99. The van der Waals surface area contributed by atoms with E-state index in [1.807, 2.05) is 49.4 Å². The van der Waals surface area contributed by atoms with Crippen molar-refractivity contribution in [1.82, 2.24) is 14.8 Å². The largest absolute Gasteiger partial charge is 0.493 e. The molecule has 8 nitrogen and oxygen atoms in total. The van der Waals surface area contributed by atoms with E-state index in [0.29, 0.717) is 66.2 Å². The molecule has 2 amide bonds. The van der Waals surface area contributed by atoms with Gasteiger partial charge >= 0.3 is 12.0 Å². The van der Waals surface area contributed by atoms with Crippen molar-refractivity contribution in [1.29, 1.82) is 0 Å². The lowest BCUT2D eigenvalue weighted by Crippen LogP contribution is -2.50. The Bertz CT molecular complexity index is 1490. The summed E-state index contributed by atoms with van der Waals surface area (Å²) in [7, 11) is 0. The first-order chi connectivity index (χ1) is 21.7. The number of carbonyl (C=O) groups is 2. The van der Waals surface area contributed by atoms with Gasteiger partial charge in [-0.25, -0.2) is 4.79 Å². The van der Waals surface area contributed by atoms with Crippen LogP contribution < -0.4 is 4.74 Å². The first kappa shape index (κ1) is 35.5. The minimum atomic E-state index is -0.812. The number of urea groups is 1. The van der Waals surface area contributed by atoms with E-state index in [1.165, 1.54) is 0 Å². The zero-order valence-corrected chi connectivity index (χ0v) is 29.2. The Morgan fingerprint density at radius 2 is 1.78 bits per heavy atom. The van der Waals surface area contributed by atoms with Crippen LogP contribution in [0.4, 0.5) is 4.79 Å². The van der Waals surface area contributed by atoms with E-state index in [1.54, 1.807) is 16.0 Å². The Labute approximate surface area is 283 Å². The van der Waals surface area contributed by atoms with Crippen LogP contribution in [0.3, 0.4) is 0 Å². The molecule has 1 aliphatic carbocycles. The smallest absolute Gasteiger partial charge is 0.325 e. The summed E-state index contributed by atoms with van der Waals surface area (Å²) >= 11 is 12.5. The van der Waals surface area contributed by atoms with Crippen molar-refractivity contribution >= 4 is 41.0 Å². The molecule has 1 fully saturated rings. The third-order valence-electron chi connectivity index (χ3n) is 8.62. The fourth-order valence-electron chi connectivity index (χ4n) is 5.78. The van der Waals surface area contributed by atoms with Crippen LogP contribution in [0.1, 0.15) is 84.0 Å². The Balaban J connectivity index is 1.87. The van der Waals surface area contributed by atoms with Gasteiger partial charge in [0.05, 0.1) is 24.3 Å². The lowest BCUT2D eigenvalue weighted by molar-refractivity contribution is -0.138. The molecule has 0 radical (unpaired) electrons. The van der Waals surface area contributed by atoms with E-state index < -0.39 is 11.5 Å². The van der Waals surface area contributed by atoms with E-state index in [0.717, 1.165) is 11.3 Å². The van der Waals surface area contributed by atoms with Crippen molar-refractivity contribution in [2.45, 2.75) is 84.7 Å². The van der Waals surface area contributed by atoms with Gasteiger partial charge in [-0.15, -0.1) is 0 Å². The standard InChI is InChI=1S/C36H46Cl2N4O4/c1-7-46-30-21-31(35(2,3)4)39-22-29(30)33(40-36(5,6)26-10-14-28(38)15-11-26)42(23-25-8-12-27(37)13-9-25)34(45)41-18-16-24(17-19-41)20-32(43)44/h8-10,12-15,21-22,24,26H,7,11,16-20,23H2,1-6H3,(H,43,44)/b40-33-. The number of hydrogen-bond acceptors (Lipinski definition) is 5. The fraction of sp³-hybridized carbons (Fsp3) is 0.500. The summed E-state index contributed by atoms with van der Waals surface area (Å²) in [6.07, 6.45) is 9.80. The summed E-state index contributed by atoms with van der Waals surface area (Å²) in [5.74, 6) is 0.321. The quantitative estimate of drug-likeness (QED) is 0.214. The Morgan fingerprint density at radius 1 is 1.11 bits per heavy atom. The normalized spacial score (nSPS) is 17.9. The summed E-state index contributed by atoms with van der Waals surface area (Å²) in [5, 5.41) is 10.6. The molecular weight excluding hydrogens is 623 g/mol. The highest BCUT2D eigenvalue weighted by atomic mass is 35.5.